The topological polar surface area (TPSA) is 54.2 Å². The average molecular weight is 165 g/mol. The van der Waals surface area contributed by atoms with E-state index in [1.807, 2.05) is 0 Å². The highest BCUT2D eigenvalue weighted by atomic mass is 19.2. The minimum absolute atomic E-state index is 0.523. The summed E-state index contributed by atoms with van der Waals surface area (Å²) in [6.45, 7) is 1.66. The molecule has 0 bridgehead atoms. The van der Waals surface area contributed by atoms with Crippen molar-refractivity contribution in [1.82, 2.24) is 0 Å². The van der Waals surface area contributed by atoms with Crippen molar-refractivity contribution in [2.75, 3.05) is 7.11 Å². The maximum absolute atomic E-state index is 9.50. The van der Waals surface area contributed by atoms with E-state index >= 15 is 0 Å². The molecule has 0 saturated heterocycles. The first-order valence-corrected chi connectivity index (χ1v) is 2.50. The molecule has 0 aromatic heterocycles. The highest BCUT2D eigenvalue weighted by Gasteiger charge is 1.79. The SMILES string of the molecule is CON=C(C)C=NO.F[B]F. The van der Waals surface area contributed by atoms with Gasteiger partial charge in [-0.25, -0.2) is 0 Å². The van der Waals surface area contributed by atoms with Crippen molar-refractivity contribution >= 4 is 19.8 Å². The van der Waals surface area contributed by atoms with Crippen LogP contribution in [0, 0.1) is 0 Å². The summed E-state index contributed by atoms with van der Waals surface area (Å²) < 4.78 is 19.0. The molecule has 0 aliphatic carbocycles. The summed E-state index contributed by atoms with van der Waals surface area (Å²) in [4.78, 5) is 4.34. The van der Waals surface area contributed by atoms with Crippen molar-refractivity contribution in [3.05, 3.63) is 0 Å². The molecule has 0 aromatic carbocycles. The summed E-state index contributed by atoms with van der Waals surface area (Å²) in [6, 6.07) is 0. The van der Waals surface area contributed by atoms with E-state index in [1.165, 1.54) is 13.3 Å². The van der Waals surface area contributed by atoms with Crippen LogP contribution < -0.4 is 0 Å². The molecule has 0 heterocycles. The predicted molar refractivity (Wildman–Crippen MR) is 38.4 cm³/mol. The molecule has 0 aliphatic heterocycles. The van der Waals surface area contributed by atoms with Crippen molar-refractivity contribution in [3.8, 4) is 0 Å². The number of halogens is 2. The zero-order chi connectivity index (χ0) is 9.11. The Balaban J connectivity index is 0. The number of oxime groups is 2. The predicted octanol–water partition coefficient (Wildman–Crippen LogP) is 0.928. The van der Waals surface area contributed by atoms with E-state index in [4.69, 9.17) is 5.21 Å². The van der Waals surface area contributed by atoms with Crippen LogP contribution in [0.15, 0.2) is 10.3 Å². The fourth-order valence-corrected chi connectivity index (χ4v) is 0.251. The molecule has 4 nitrogen and oxygen atoms in total. The molecule has 0 saturated carbocycles. The molecule has 0 aliphatic rings. The number of rotatable bonds is 2. The Bertz CT molecular complexity index is 131. The lowest BCUT2D eigenvalue weighted by molar-refractivity contribution is 0.214. The van der Waals surface area contributed by atoms with Crippen molar-refractivity contribution in [2.24, 2.45) is 10.3 Å². The van der Waals surface area contributed by atoms with Gasteiger partial charge in [-0.3, -0.25) is 8.63 Å². The Hall–Kier alpha value is -1.14. The highest BCUT2D eigenvalue weighted by molar-refractivity contribution is 6.29. The molecule has 1 N–H and O–H groups in total. The Labute approximate surface area is 63.9 Å². The Morgan fingerprint density at radius 2 is 2.09 bits per heavy atom. The molecule has 7 heteroatoms. The monoisotopic (exact) mass is 165 g/mol. The van der Waals surface area contributed by atoms with Crippen LogP contribution in [0.5, 0.6) is 0 Å². The molecule has 0 amide bonds. The van der Waals surface area contributed by atoms with Gasteiger partial charge in [-0.2, -0.15) is 0 Å². The van der Waals surface area contributed by atoms with Crippen molar-refractivity contribution in [1.29, 1.82) is 0 Å². The standard InChI is InChI=1S/C4H8N2O2.BF2/c1-4(3-5-7)6-8-2;2-1-3/h3,7H,1-2H3;. The third-order valence-electron chi connectivity index (χ3n) is 0.480. The lowest BCUT2D eigenvalue weighted by Crippen LogP contribution is -1.91. The fraction of sp³-hybridized carbons (Fsp3) is 0.500. The van der Waals surface area contributed by atoms with Gasteiger partial charge < -0.3 is 10.0 Å². The fourth-order valence-electron chi connectivity index (χ4n) is 0.251. The van der Waals surface area contributed by atoms with E-state index in [0.29, 0.717) is 5.71 Å². The van der Waals surface area contributed by atoms with E-state index in [2.05, 4.69) is 15.1 Å². The van der Waals surface area contributed by atoms with Gasteiger partial charge >= 0.3 is 7.83 Å². The molecule has 0 rings (SSSR count). The normalized spacial score (nSPS) is 10.4. The van der Waals surface area contributed by atoms with Crippen LogP contribution in [0.4, 0.5) is 8.63 Å². The number of nitrogens with zero attached hydrogens (tertiary/aromatic N) is 2. The van der Waals surface area contributed by atoms with Crippen LogP contribution in [0.1, 0.15) is 6.92 Å². The molecular weight excluding hydrogens is 157 g/mol. The quantitative estimate of drug-likeness (QED) is 0.286. The summed E-state index contributed by atoms with van der Waals surface area (Å²) in [7, 11) is 0.425. The van der Waals surface area contributed by atoms with Gasteiger partial charge in [0.05, 0.1) is 11.9 Å². The zero-order valence-electron chi connectivity index (χ0n) is 6.16. The van der Waals surface area contributed by atoms with Crippen LogP contribution in [-0.2, 0) is 4.84 Å². The minimum atomic E-state index is -1.00. The van der Waals surface area contributed by atoms with Gasteiger partial charge in [0.15, 0.2) is 0 Å². The molecule has 63 valence electrons. The summed E-state index contributed by atoms with van der Waals surface area (Å²) >= 11 is 0. The second-order valence-electron chi connectivity index (χ2n) is 1.24. The number of hydrogen-bond donors (Lipinski definition) is 1. The third kappa shape index (κ3) is 17.7. The first-order chi connectivity index (χ1) is 5.22. The lowest BCUT2D eigenvalue weighted by Gasteiger charge is -1.85. The Kier molecular flexibility index (Phi) is 13.3. The second kappa shape index (κ2) is 11.6. The van der Waals surface area contributed by atoms with Gasteiger partial charge in [0.25, 0.3) is 0 Å². The third-order valence-corrected chi connectivity index (χ3v) is 0.480. The van der Waals surface area contributed by atoms with Crippen LogP contribution in [0.25, 0.3) is 0 Å². The van der Waals surface area contributed by atoms with Gasteiger partial charge in [0.2, 0.25) is 0 Å². The van der Waals surface area contributed by atoms with Crippen molar-refractivity contribution in [3.63, 3.8) is 0 Å². The molecule has 0 spiro atoms. The molecule has 0 atom stereocenters. The molecule has 11 heavy (non-hydrogen) atoms. The molecule has 0 fully saturated rings. The zero-order valence-corrected chi connectivity index (χ0v) is 6.16. The van der Waals surface area contributed by atoms with E-state index < -0.39 is 7.83 Å². The smallest absolute Gasteiger partial charge is 0.411 e. The molecule has 1 radical (unpaired) electrons. The maximum atomic E-state index is 9.50. The lowest BCUT2D eigenvalue weighted by atomic mass is 10.5. The summed E-state index contributed by atoms with van der Waals surface area (Å²) in [6.07, 6.45) is 1.18. The Morgan fingerprint density at radius 3 is 2.36 bits per heavy atom. The van der Waals surface area contributed by atoms with Gasteiger partial charge in [-0.05, 0) is 6.92 Å². The van der Waals surface area contributed by atoms with Crippen LogP contribution in [0.3, 0.4) is 0 Å². The van der Waals surface area contributed by atoms with Gasteiger partial charge in [-0.1, -0.05) is 10.3 Å². The summed E-state index contributed by atoms with van der Waals surface area (Å²) in [5.41, 5.74) is 0.523. The Morgan fingerprint density at radius 1 is 1.64 bits per heavy atom. The van der Waals surface area contributed by atoms with E-state index in [9.17, 15) is 8.63 Å². The molecule has 0 unspecified atom stereocenters. The summed E-state index contributed by atoms with van der Waals surface area (Å²) in [5, 5.41) is 14.0. The van der Waals surface area contributed by atoms with E-state index in [0.717, 1.165) is 0 Å². The van der Waals surface area contributed by atoms with E-state index in [-0.39, 0.29) is 0 Å². The van der Waals surface area contributed by atoms with E-state index in [1.54, 1.807) is 6.92 Å². The average Bonchev–Trinajstić information content (AvgIpc) is 1.90. The van der Waals surface area contributed by atoms with Gasteiger partial charge in [0.1, 0.15) is 7.11 Å². The summed E-state index contributed by atoms with van der Waals surface area (Å²) in [5.74, 6) is 0. The highest BCUT2D eigenvalue weighted by Crippen LogP contribution is 1.71. The first-order valence-electron chi connectivity index (χ1n) is 2.50. The minimum Gasteiger partial charge on any atom is -0.411 e. The van der Waals surface area contributed by atoms with Gasteiger partial charge in [0, 0.05) is 0 Å². The molecular formula is C4H8BF2N2O2. The van der Waals surface area contributed by atoms with Crippen LogP contribution in [-0.4, -0.2) is 32.1 Å². The first kappa shape index (κ1) is 12.5. The second-order valence-corrected chi connectivity index (χ2v) is 1.24. The van der Waals surface area contributed by atoms with Crippen LogP contribution >= 0.6 is 0 Å². The molecule has 0 aromatic rings. The van der Waals surface area contributed by atoms with Gasteiger partial charge in [-0.15, -0.1) is 0 Å². The van der Waals surface area contributed by atoms with Crippen molar-refractivity contribution in [2.45, 2.75) is 6.92 Å². The van der Waals surface area contributed by atoms with Crippen LogP contribution in [0.2, 0.25) is 0 Å². The number of hydrogen-bond acceptors (Lipinski definition) is 4. The van der Waals surface area contributed by atoms with Crippen molar-refractivity contribution < 1.29 is 18.7 Å². The maximum Gasteiger partial charge on any atom is 0.577 e. The largest absolute Gasteiger partial charge is 0.577 e.